The Hall–Kier alpha value is -2.24. The highest BCUT2D eigenvalue weighted by Crippen LogP contribution is 2.33. The Morgan fingerprint density at radius 1 is 1.19 bits per heavy atom. The van der Waals surface area contributed by atoms with Crippen molar-refractivity contribution in [2.24, 2.45) is 10.7 Å². The number of aryl methyl sites for hydroxylation is 1. The Morgan fingerprint density at radius 3 is 2.67 bits per heavy atom. The monoisotopic (exact) mass is 403 g/mol. The van der Waals surface area contributed by atoms with Gasteiger partial charge in [0, 0.05) is 17.8 Å². The van der Waals surface area contributed by atoms with Crippen molar-refractivity contribution >= 4 is 40.8 Å². The maximum atomic E-state index is 12.9. The van der Waals surface area contributed by atoms with Crippen LogP contribution in [0.4, 0.5) is 5.69 Å². The quantitative estimate of drug-likeness (QED) is 0.842. The van der Waals surface area contributed by atoms with Crippen molar-refractivity contribution in [3.8, 4) is 0 Å². The number of rotatable bonds is 4. The van der Waals surface area contributed by atoms with Gasteiger partial charge in [0.05, 0.1) is 16.1 Å². The van der Waals surface area contributed by atoms with Crippen LogP contribution >= 0.6 is 23.2 Å². The normalized spacial score (nSPS) is 18.9. The summed E-state index contributed by atoms with van der Waals surface area (Å²) in [5, 5.41) is 0.969. The third-order valence-corrected chi connectivity index (χ3v) is 5.85. The fraction of sp³-hybridized carbons (Fsp3) is 0.300. The van der Waals surface area contributed by atoms with E-state index < -0.39 is 0 Å². The maximum Gasteiger partial charge on any atom is 0.282 e. The average Bonchev–Trinajstić information content (AvgIpc) is 3.09. The lowest BCUT2D eigenvalue weighted by molar-refractivity contribution is 0.0980. The second-order valence-corrected chi connectivity index (χ2v) is 7.52. The Labute approximate surface area is 167 Å². The molecule has 2 aliphatic rings. The zero-order valence-electron chi connectivity index (χ0n) is 14.6. The fourth-order valence-corrected chi connectivity index (χ4v) is 3.95. The van der Waals surface area contributed by atoms with Gasteiger partial charge in [-0.3, -0.25) is 4.79 Å². The van der Waals surface area contributed by atoms with E-state index in [1.165, 1.54) is 5.56 Å². The molecule has 2 aliphatic heterocycles. The number of ether oxygens (including phenoxy) is 1. The topological polar surface area (TPSA) is 67.9 Å². The van der Waals surface area contributed by atoms with Crippen LogP contribution in [-0.2, 0) is 17.6 Å². The van der Waals surface area contributed by atoms with Crippen molar-refractivity contribution in [3.05, 3.63) is 63.1 Å². The van der Waals surface area contributed by atoms with Gasteiger partial charge in [-0.05, 0) is 54.7 Å². The van der Waals surface area contributed by atoms with Crippen LogP contribution in [0.5, 0.6) is 0 Å². The van der Waals surface area contributed by atoms with E-state index in [1.807, 2.05) is 12.1 Å². The number of halogens is 2. The molecular weight excluding hydrogens is 385 g/mol. The molecule has 1 atom stereocenters. The largest absolute Gasteiger partial charge is 0.463 e. The van der Waals surface area contributed by atoms with E-state index in [1.54, 1.807) is 17.0 Å². The number of amides is 1. The van der Waals surface area contributed by atoms with Gasteiger partial charge in [0.1, 0.15) is 6.61 Å². The van der Waals surface area contributed by atoms with Gasteiger partial charge in [0.2, 0.25) is 0 Å². The molecule has 0 saturated heterocycles. The number of nitrogens with zero attached hydrogens (tertiary/aromatic N) is 2. The number of carbonyl (C=O) groups is 1. The molecule has 0 fully saturated rings. The van der Waals surface area contributed by atoms with Gasteiger partial charge in [0.15, 0.2) is 0 Å². The summed E-state index contributed by atoms with van der Waals surface area (Å²) in [6.45, 7) is 1.14. The predicted octanol–water partition coefficient (Wildman–Crippen LogP) is 3.84. The first-order valence-corrected chi connectivity index (χ1v) is 9.62. The number of benzene rings is 2. The lowest BCUT2D eigenvalue weighted by Crippen LogP contribution is -2.37. The molecule has 2 heterocycles. The SMILES string of the molecule is NC1=N[C@@H](CCc2ccc(N3CCc4c(ccc(Cl)c4Cl)C3=O)cc2)CO1. The van der Waals surface area contributed by atoms with E-state index in [-0.39, 0.29) is 18.0 Å². The maximum absolute atomic E-state index is 12.9. The van der Waals surface area contributed by atoms with E-state index in [0.717, 1.165) is 24.1 Å². The number of hydrogen-bond donors (Lipinski definition) is 1. The van der Waals surface area contributed by atoms with E-state index >= 15 is 0 Å². The summed E-state index contributed by atoms with van der Waals surface area (Å²) in [6.07, 6.45) is 2.45. The molecule has 2 aromatic rings. The minimum atomic E-state index is -0.0458. The third kappa shape index (κ3) is 3.62. The third-order valence-electron chi connectivity index (χ3n) is 5.00. The molecule has 0 aliphatic carbocycles. The zero-order chi connectivity index (χ0) is 19.0. The van der Waals surface area contributed by atoms with Crippen LogP contribution < -0.4 is 10.6 Å². The Kier molecular flexibility index (Phi) is 4.98. The molecule has 7 heteroatoms. The van der Waals surface area contributed by atoms with Gasteiger partial charge in [-0.15, -0.1) is 0 Å². The molecule has 0 radical (unpaired) electrons. The van der Waals surface area contributed by atoms with Crippen LogP contribution in [0.25, 0.3) is 0 Å². The number of nitrogens with two attached hydrogens (primary N) is 1. The molecule has 2 aromatic carbocycles. The fourth-order valence-electron chi connectivity index (χ4n) is 3.51. The lowest BCUT2D eigenvalue weighted by Gasteiger charge is -2.29. The van der Waals surface area contributed by atoms with Crippen LogP contribution in [0, 0.1) is 0 Å². The van der Waals surface area contributed by atoms with Crippen LogP contribution in [-0.4, -0.2) is 31.1 Å². The first-order chi connectivity index (χ1) is 13.0. The highest BCUT2D eigenvalue weighted by Gasteiger charge is 2.27. The summed E-state index contributed by atoms with van der Waals surface area (Å²) in [6, 6.07) is 11.9. The van der Waals surface area contributed by atoms with Gasteiger partial charge in [-0.2, -0.15) is 0 Å². The summed E-state index contributed by atoms with van der Waals surface area (Å²) >= 11 is 12.3. The van der Waals surface area contributed by atoms with Gasteiger partial charge in [-0.25, -0.2) is 4.99 Å². The van der Waals surface area contributed by atoms with Crippen molar-refractivity contribution in [2.75, 3.05) is 18.1 Å². The average molecular weight is 404 g/mol. The van der Waals surface area contributed by atoms with Gasteiger partial charge in [-0.1, -0.05) is 35.3 Å². The molecule has 0 bridgehead atoms. The summed E-state index contributed by atoms with van der Waals surface area (Å²) in [7, 11) is 0. The minimum absolute atomic E-state index is 0.0458. The lowest BCUT2D eigenvalue weighted by atomic mass is 9.98. The number of amidine groups is 1. The van der Waals surface area contributed by atoms with E-state index in [0.29, 0.717) is 35.2 Å². The molecule has 27 heavy (non-hydrogen) atoms. The smallest absolute Gasteiger partial charge is 0.282 e. The van der Waals surface area contributed by atoms with Crippen molar-refractivity contribution in [2.45, 2.75) is 25.3 Å². The number of hydrogen-bond acceptors (Lipinski definition) is 4. The minimum Gasteiger partial charge on any atom is -0.463 e. The number of carbonyl (C=O) groups excluding carboxylic acids is 1. The Bertz CT molecular complexity index is 912. The van der Waals surface area contributed by atoms with Gasteiger partial charge < -0.3 is 15.4 Å². The second kappa shape index (κ2) is 7.41. The van der Waals surface area contributed by atoms with Crippen molar-refractivity contribution in [1.82, 2.24) is 0 Å². The van der Waals surface area contributed by atoms with E-state index in [9.17, 15) is 4.79 Å². The summed E-state index contributed by atoms with van der Waals surface area (Å²) in [4.78, 5) is 18.9. The standard InChI is InChI=1S/C20H19Cl2N3O2/c21-17-8-7-16-15(18(17)22)9-10-25(19(16)26)14-5-2-12(3-6-14)1-4-13-11-27-20(23)24-13/h2-3,5-8,13H,1,4,9-11H2,(H2,23,24)/t13-/m0/s1. The van der Waals surface area contributed by atoms with Crippen molar-refractivity contribution < 1.29 is 9.53 Å². The van der Waals surface area contributed by atoms with Crippen LogP contribution in [0.2, 0.25) is 10.0 Å². The molecule has 4 rings (SSSR count). The zero-order valence-corrected chi connectivity index (χ0v) is 16.1. The number of anilines is 1. The Morgan fingerprint density at radius 2 is 1.96 bits per heavy atom. The molecule has 0 spiro atoms. The molecule has 5 nitrogen and oxygen atoms in total. The highest BCUT2D eigenvalue weighted by atomic mass is 35.5. The van der Waals surface area contributed by atoms with Crippen molar-refractivity contribution in [1.29, 1.82) is 0 Å². The van der Waals surface area contributed by atoms with E-state index in [2.05, 4.69) is 17.1 Å². The van der Waals surface area contributed by atoms with Crippen LogP contribution in [0.3, 0.4) is 0 Å². The van der Waals surface area contributed by atoms with Gasteiger partial charge in [0.25, 0.3) is 11.9 Å². The van der Waals surface area contributed by atoms with Crippen molar-refractivity contribution in [3.63, 3.8) is 0 Å². The number of aliphatic imine (C=N–C) groups is 1. The summed E-state index contributed by atoms with van der Waals surface area (Å²) in [5.74, 6) is -0.0458. The Balaban J connectivity index is 1.46. The molecule has 0 unspecified atom stereocenters. The number of fused-ring (bicyclic) bond motifs is 1. The second-order valence-electron chi connectivity index (χ2n) is 6.73. The summed E-state index contributed by atoms with van der Waals surface area (Å²) < 4.78 is 5.17. The first kappa shape index (κ1) is 18.1. The summed E-state index contributed by atoms with van der Waals surface area (Å²) in [5.41, 5.74) is 9.07. The molecule has 0 aromatic heterocycles. The van der Waals surface area contributed by atoms with Crippen LogP contribution in [0.1, 0.15) is 27.9 Å². The van der Waals surface area contributed by atoms with Gasteiger partial charge >= 0.3 is 0 Å². The molecule has 2 N–H and O–H groups in total. The molecular formula is C20H19Cl2N3O2. The van der Waals surface area contributed by atoms with Crippen LogP contribution in [0.15, 0.2) is 41.4 Å². The first-order valence-electron chi connectivity index (χ1n) is 8.86. The predicted molar refractivity (Wildman–Crippen MR) is 108 cm³/mol. The molecule has 140 valence electrons. The molecule has 0 saturated carbocycles. The van der Waals surface area contributed by atoms with E-state index in [4.69, 9.17) is 33.7 Å². The highest BCUT2D eigenvalue weighted by molar-refractivity contribution is 6.43. The molecule has 1 amide bonds.